The van der Waals surface area contributed by atoms with Crippen molar-refractivity contribution in [1.29, 1.82) is 0 Å². The van der Waals surface area contributed by atoms with Gasteiger partial charge in [0.1, 0.15) is 18.9 Å². The summed E-state index contributed by atoms with van der Waals surface area (Å²) in [5.41, 5.74) is 2.73. The number of piperidine rings is 3. The van der Waals surface area contributed by atoms with E-state index in [1.807, 2.05) is 30.3 Å². The fraction of sp³-hybridized carbons (Fsp3) is 0.429. The van der Waals surface area contributed by atoms with Gasteiger partial charge in [-0.2, -0.15) is 0 Å². The van der Waals surface area contributed by atoms with Crippen molar-refractivity contribution in [2.75, 3.05) is 19.6 Å². The highest BCUT2D eigenvalue weighted by molar-refractivity contribution is 5.24. The van der Waals surface area contributed by atoms with Gasteiger partial charge >= 0.3 is 0 Å². The van der Waals surface area contributed by atoms with Crippen molar-refractivity contribution in [1.82, 2.24) is 0 Å². The van der Waals surface area contributed by atoms with Gasteiger partial charge in [0.15, 0.2) is 0 Å². The van der Waals surface area contributed by atoms with E-state index in [4.69, 9.17) is 4.74 Å². The Bertz CT molecular complexity index is 613. The molecule has 0 unspecified atom stereocenters. The fourth-order valence-corrected chi connectivity index (χ4v) is 4.19. The number of hydrogen-bond donors (Lipinski definition) is 0. The zero-order valence-electron chi connectivity index (χ0n) is 13.8. The number of para-hydroxylation sites is 1. The molecule has 0 amide bonds. The summed E-state index contributed by atoms with van der Waals surface area (Å²) in [6, 6.07) is 19.1. The summed E-state index contributed by atoms with van der Waals surface area (Å²) >= 11 is 0. The summed E-state index contributed by atoms with van der Waals surface area (Å²) in [6.45, 7) is 6.04. The molecule has 3 heterocycles. The molecule has 2 heteroatoms. The van der Waals surface area contributed by atoms with Crippen molar-refractivity contribution in [2.24, 2.45) is 5.92 Å². The molecule has 2 nitrogen and oxygen atoms in total. The second-order valence-electron chi connectivity index (χ2n) is 7.32. The van der Waals surface area contributed by atoms with E-state index in [0.717, 1.165) is 11.7 Å². The normalized spacial score (nSPS) is 26.2. The van der Waals surface area contributed by atoms with Crippen LogP contribution in [0.25, 0.3) is 0 Å². The third-order valence-electron chi connectivity index (χ3n) is 5.72. The smallest absolute Gasteiger partial charge is 0.119 e. The molecular weight excluding hydrogens is 282 g/mol. The van der Waals surface area contributed by atoms with Crippen LogP contribution in [0.1, 0.15) is 30.4 Å². The van der Waals surface area contributed by atoms with Crippen molar-refractivity contribution in [3.63, 3.8) is 0 Å². The Morgan fingerprint density at radius 1 is 0.783 bits per heavy atom. The predicted octanol–water partition coefficient (Wildman–Crippen LogP) is 4.40. The zero-order valence-corrected chi connectivity index (χ0v) is 13.8. The number of rotatable bonds is 5. The zero-order chi connectivity index (χ0) is 15.5. The SMILES string of the molecule is c1ccc(OCc2ccc(C[N+]34CCC(CC3)CC4)cc2)cc1. The monoisotopic (exact) mass is 308 g/mol. The molecule has 23 heavy (non-hydrogen) atoms. The van der Waals surface area contributed by atoms with Crippen molar-refractivity contribution in [2.45, 2.75) is 32.4 Å². The molecule has 3 fully saturated rings. The molecule has 0 spiro atoms. The van der Waals surface area contributed by atoms with Crippen LogP contribution in [-0.4, -0.2) is 24.1 Å². The maximum Gasteiger partial charge on any atom is 0.119 e. The van der Waals surface area contributed by atoms with Crippen molar-refractivity contribution in [3.05, 3.63) is 65.7 Å². The summed E-state index contributed by atoms with van der Waals surface area (Å²) in [5, 5.41) is 0. The second-order valence-corrected chi connectivity index (χ2v) is 7.32. The first-order valence-electron chi connectivity index (χ1n) is 8.92. The van der Waals surface area contributed by atoms with Crippen LogP contribution < -0.4 is 4.74 Å². The minimum Gasteiger partial charge on any atom is -0.489 e. The van der Waals surface area contributed by atoms with Gasteiger partial charge in [0, 0.05) is 5.56 Å². The van der Waals surface area contributed by atoms with Gasteiger partial charge in [0.05, 0.1) is 19.6 Å². The van der Waals surface area contributed by atoms with Crippen LogP contribution in [0, 0.1) is 5.92 Å². The number of quaternary nitrogens is 1. The summed E-state index contributed by atoms with van der Waals surface area (Å²) < 4.78 is 7.16. The van der Waals surface area contributed by atoms with Gasteiger partial charge in [0.2, 0.25) is 0 Å². The highest BCUT2D eigenvalue weighted by Crippen LogP contribution is 2.35. The van der Waals surface area contributed by atoms with Crippen LogP contribution >= 0.6 is 0 Å². The molecule has 120 valence electrons. The lowest BCUT2D eigenvalue weighted by Crippen LogP contribution is -2.57. The Labute approximate surface area is 139 Å². The fourth-order valence-electron chi connectivity index (χ4n) is 4.19. The van der Waals surface area contributed by atoms with Gasteiger partial charge < -0.3 is 9.22 Å². The molecule has 0 atom stereocenters. The maximum atomic E-state index is 5.83. The molecule has 2 aromatic carbocycles. The minimum atomic E-state index is 0.645. The Balaban J connectivity index is 1.36. The molecule has 3 saturated heterocycles. The van der Waals surface area contributed by atoms with Gasteiger partial charge in [-0.15, -0.1) is 0 Å². The van der Waals surface area contributed by atoms with E-state index in [9.17, 15) is 0 Å². The molecule has 0 N–H and O–H groups in total. The molecule has 0 radical (unpaired) electrons. The first-order chi connectivity index (χ1) is 11.3. The summed E-state index contributed by atoms with van der Waals surface area (Å²) in [5.74, 6) is 1.97. The molecular formula is C21H26NO+. The van der Waals surface area contributed by atoms with E-state index < -0.39 is 0 Å². The van der Waals surface area contributed by atoms with Gasteiger partial charge in [-0.1, -0.05) is 42.5 Å². The largest absolute Gasteiger partial charge is 0.489 e. The number of fused-ring (bicyclic) bond motifs is 3. The maximum absolute atomic E-state index is 5.83. The average Bonchev–Trinajstić information content (AvgIpc) is 2.63. The van der Waals surface area contributed by atoms with Crippen LogP contribution in [0.2, 0.25) is 0 Å². The molecule has 3 aliphatic heterocycles. The standard InChI is InChI=1S/C21H26NO/c1-2-4-21(5-3-1)23-17-20-8-6-19(7-9-20)16-22-13-10-18(11-14-22)12-15-22/h1-9,18H,10-17H2/q+1. The van der Waals surface area contributed by atoms with Crippen molar-refractivity contribution in [3.8, 4) is 5.75 Å². The van der Waals surface area contributed by atoms with E-state index >= 15 is 0 Å². The van der Waals surface area contributed by atoms with E-state index in [2.05, 4.69) is 24.3 Å². The van der Waals surface area contributed by atoms with Gasteiger partial charge in [-0.05, 0) is 42.9 Å². The quantitative estimate of drug-likeness (QED) is 0.744. The summed E-state index contributed by atoms with van der Waals surface area (Å²) in [4.78, 5) is 0. The summed E-state index contributed by atoms with van der Waals surface area (Å²) in [6.07, 6.45) is 4.34. The van der Waals surface area contributed by atoms with E-state index in [1.165, 1.54) is 61.1 Å². The third kappa shape index (κ3) is 3.42. The van der Waals surface area contributed by atoms with E-state index in [0.29, 0.717) is 6.61 Å². The Kier molecular flexibility index (Phi) is 4.09. The highest BCUT2D eigenvalue weighted by Gasteiger charge is 2.39. The lowest BCUT2D eigenvalue weighted by Gasteiger charge is -2.49. The molecule has 0 aliphatic carbocycles. The molecule has 0 saturated carbocycles. The van der Waals surface area contributed by atoms with E-state index in [1.54, 1.807) is 0 Å². The Morgan fingerprint density at radius 3 is 2.04 bits per heavy atom. The Morgan fingerprint density at radius 2 is 1.39 bits per heavy atom. The molecule has 0 aromatic heterocycles. The van der Waals surface area contributed by atoms with Crippen LogP contribution in [0.3, 0.4) is 0 Å². The predicted molar refractivity (Wildman–Crippen MR) is 93.1 cm³/mol. The van der Waals surface area contributed by atoms with E-state index in [-0.39, 0.29) is 0 Å². The van der Waals surface area contributed by atoms with Gasteiger partial charge in [-0.3, -0.25) is 0 Å². The molecule has 2 aromatic rings. The number of ether oxygens (including phenoxy) is 1. The molecule has 3 aliphatic rings. The van der Waals surface area contributed by atoms with Crippen LogP contribution in [0.5, 0.6) is 5.75 Å². The van der Waals surface area contributed by atoms with Crippen LogP contribution in [-0.2, 0) is 13.2 Å². The Hall–Kier alpha value is -1.80. The van der Waals surface area contributed by atoms with Crippen LogP contribution in [0.4, 0.5) is 0 Å². The minimum absolute atomic E-state index is 0.645. The first-order valence-corrected chi connectivity index (χ1v) is 8.92. The topological polar surface area (TPSA) is 9.23 Å². The van der Waals surface area contributed by atoms with Crippen molar-refractivity contribution < 1.29 is 9.22 Å². The van der Waals surface area contributed by atoms with Crippen molar-refractivity contribution >= 4 is 0 Å². The third-order valence-corrected chi connectivity index (χ3v) is 5.72. The van der Waals surface area contributed by atoms with Gasteiger partial charge in [-0.25, -0.2) is 0 Å². The lowest BCUT2D eigenvalue weighted by molar-refractivity contribution is -0.955. The highest BCUT2D eigenvalue weighted by atomic mass is 16.5. The average molecular weight is 308 g/mol. The molecule has 2 bridgehead atoms. The van der Waals surface area contributed by atoms with Gasteiger partial charge in [0.25, 0.3) is 0 Å². The second kappa shape index (κ2) is 6.37. The number of nitrogens with zero attached hydrogens (tertiary/aromatic N) is 1. The lowest BCUT2D eigenvalue weighted by atomic mass is 9.85. The van der Waals surface area contributed by atoms with Crippen LogP contribution in [0.15, 0.2) is 54.6 Å². The number of hydrogen-bond acceptors (Lipinski definition) is 1. The first kappa shape index (κ1) is 14.8. The molecule has 5 rings (SSSR count). The summed E-state index contributed by atoms with van der Waals surface area (Å²) in [7, 11) is 0. The number of benzene rings is 2.